The van der Waals surface area contributed by atoms with Crippen molar-refractivity contribution in [1.29, 1.82) is 0 Å². The summed E-state index contributed by atoms with van der Waals surface area (Å²) in [6, 6.07) is 17.2. The van der Waals surface area contributed by atoms with Crippen LogP contribution in [0.1, 0.15) is 20.9 Å². The molecule has 3 aromatic rings. The third kappa shape index (κ3) is 3.54. The van der Waals surface area contributed by atoms with Crippen molar-refractivity contribution in [2.45, 2.75) is 19.4 Å². The number of ether oxygens (including phenoxy) is 1. The molecule has 2 aromatic carbocycles. The fourth-order valence-electron chi connectivity index (χ4n) is 2.90. The first-order valence-corrected chi connectivity index (χ1v) is 9.31. The Morgan fingerprint density at radius 1 is 1.07 bits per heavy atom. The molecule has 0 fully saturated rings. The Morgan fingerprint density at radius 3 is 2.59 bits per heavy atom. The van der Waals surface area contributed by atoms with Crippen molar-refractivity contribution >= 4 is 23.2 Å². The van der Waals surface area contributed by atoms with Gasteiger partial charge in [0.25, 0.3) is 11.8 Å². The van der Waals surface area contributed by atoms with E-state index in [1.807, 2.05) is 54.6 Å². The number of hydrogen-bond donors (Lipinski definition) is 2. The second kappa shape index (κ2) is 7.20. The van der Waals surface area contributed by atoms with Crippen LogP contribution >= 0.6 is 11.3 Å². The molecular formula is C20H17N3O3S. The number of carbonyl (C=O) groups is 2. The number of aryl methyl sites for hydroxylation is 1. The molecule has 0 bridgehead atoms. The number of para-hydroxylation sites is 1. The highest BCUT2D eigenvalue weighted by Gasteiger charge is 2.29. The lowest BCUT2D eigenvalue weighted by atomic mass is 10.1. The van der Waals surface area contributed by atoms with Gasteiger partial charge in [-0.05, 0) is 18.6 Å². The van der Waals surface area contributed by atoms with Gasteiger partial charge in [0.1, 0.15) is 15.6 Å². The molecule has 2 amide bonds. The van der Waals surface area contributed by atoms with Gasteiger partial charge in [-0.1, -0.05) is 48.5 Å². The number of benzene rings is 2. The molecule has 7 heteroatoms. The summed E-state index contributed by atoms with van der Waals surface area (Å²) in [5.74, 6) is -0.0733. The number of amides is 2. The molecule has 6 nitrogen and oxygen atoms in total. The van der Waals surface area contributed by atoms with E-state index in [9.17, 15) is 9.59 Å². The molecule has 0 spiro atoms. The smallest absolute Gasteiger partial charge is 0.281 e. The normalized spacial score (nSPS) is 14.9. The van der Waals surface area contributed by atoms with Crippen LogP contribution in [0.25, 0.3) is 10.6 Å². The number of rotatable bonds is 3. The Balaban J connectivity index is 1.39. The van der Waals surface area contributed by atoms with Gasteiger partial charge in [0, 0.05) is 12.0 Å². The maximum atomic E-state index is 12.5. The van der Waals surface area contributed by atoms with Gasteiger partial charge in [0.05, 0.1) is 5.69 Å². The molecule has 1 aliphatic rings. The van der Waals surface area contributed by atoms with E-state index in [2.05, 4.69) is 15.8 Å². The largest absolute Gasteiger partial charge is 0.480 e. The molecule has 1 aromatic heterocycles. The molecule has 4 rings (SSSR count). The van der Waals surface area contributed by atoms with E-state index in [-0.39, 0.29) is 5.91 Å². The Hall–Kier alpha value is -3.19. The lowest BCUT2D eigenvalue weighted by Gasteiger charge is -2.11. The number of carbonyl (C=O) groups excluding carboxylic acids is 2. The first kappa shape index (κ1) is 17.2. The number of hydrogen-bond acceptors (Lipinski definition) is 5. The first-order valence-electron chi connectivity index (χ1n) is 8.49. The molecule has 0 aliphatic carbocycles. The van der Waals surface area contributed by atoms with Gasteiger partial charge in [0.2, 0.25) is 0 Å². The molecule has 2 N–H and O–H groups in total. The zero-order chi connectivity index (χ0) is 18.8. The third-order valence-electron chi connectivity index (χ3n) is 4.26. The summed E-state index contributed by atoms with van der Waals surface area (Å²) in [4.78, 5) is 29.7. The maximum absolute atomic E-state index is 12.5. The predicted octanol–water partition coefficient (Wildman–Crippen LogP) is 2.88. The van der Waals surface area contributed by atoms with Gasteiger partial charge in [-0.2, -0.15) is 0 Å². The van der Waals surface area contributed by atoms with Gasteiger partial charge in [-0.25, -0.2) is 4.98 Å². The number of fused-ring (bicyclic) bond motifs is 1. The SMILES string of the molecule is Cc1nc(-c2ccccc2)sc1C(=O)NNC(=O)[C@@H]1Cc2ccccc2O1. The van der Waals surface area contributed by atoms with Crippen LogP contribution in [-0.4, -0.2) is 22.9 Å². The zero-order valence-electron chi connectivity index (χ0n) is 14.6. The predicted molar refractivity (Wildman–Crippen MR) is 102 cm³/mol. The summed E-state index contributed by atoms with van der Waals surface area (Å²) in [6.07, 6.45) is -0.166. The summed E-state index contributed by atoms with van der Waals surface area (Å²) in [5, 5.41) is 0.763. The Morgan fingerprint density at radius 2 is 1.81 bits per heavy atom. The molecule has 1 aliphatic heterocycles. The average molecular weight is 379 g/mol. The monoisotopic (exact) mass is 379 g/mol. The summed E-state index contributed by atoms with van der Waals surface area (Å²) in [5.41, 5.74) is 7.46. The highest BCUT2D eigenvalue weighted by atomic mass is 32.1. The van der Waals surface area contributed by atoms with Crippen LogP contribution in [0.4, 0.5) is 0 Å². The van der Waals surface area contributed by atoms with Crippen LogP contribution in [-0.2, 0) is 11.2 Å². The Labute approximate surface area is 160 Å². The van der Waals surface area contributed by atoms with E-state index in [1.165, 1.54) is 11.3 Å². The number of aromatic nitrogens is 1. The fourth-order valence-corrected chi connectivity index (χ4v) is 3.86. The topological polar surface area (TPSA) is 80.3 Å². The van der Waals surface area contributed by atoms with Crippen LogP contribution in [0.3, 0.4) is 0 Å². The second-order valence-corrected chi connectivity index (χ2v) is 7.16. The molecule has 0 saturated heterocycles. The van der Waals surface area contributed by atoms with Crippen molar-refractivity contribution in [3.63, 3.8) is 0 Å². The highest BCUT2D eigenvalue weighted by molar-refractivity contribution is 7.17. The number of thiazole rings is 1. The molecule has 0 saturated carbocycles. The standard InChI is InChI=1S/C20H17N3O3S/c1-12-17(27-20(21-12)13-7-3-2-4-8-13)19(25)23-22-18(24)16-11-14-9-5-6-10-15(14)26-16/h2-10,16H,11H2,1H3,(H,22,24)(H,23,25)/t16-/m0/s1. The minimum atomic E-state index is -0.648. The van der Waals surface area contributed by atoms with E-state index in [0.29, 0.717) is 22.7 Å². The van der Waals surface area contributed by atoms with Crippen molar-refractivity contribution in [3.8, 4) is 16.3 Å². The van der Waals surface area contributed by atoms with Gasteiger partial charge >= 0.3 is 0 Å². The van der Waals surface area contributed by atoms with Gasteiger partial charge in [-0.15, -0.1) is 11.3 Å². The maximum Gasteiger partial charge on any atom is 0.281 e. The van der Waals surface area contributed by atoms with Crippen molar-refractivity contribution in [2.75, 3.05) is 0 Å². The van der Waals surface area contributed by atoms with E-state index < -0.39 is 12.0 Å². The van der Waals surface area contributed by atoms with Crippen molar-refractivity contribution in [1.82, 2.24) is 15.8 Å². The molecule has 2 heterocycles. The third-order valence-corrected chi connectivity index (χ3v) is 5.47. The Kier molecular flexibility index (Phi) is 4.60. The molecule has 0 radical (unpaired) electrons. The number of nitrogens with zero attached hydrogens (tertiary/aromatic N) is 1. The number of hydrazine groups is 1. The summed E-state index contributed by atoms with van der Waals surface area (Å²) < 4.78 is 5.62. The van der Waals surface area contributed by atoms with Crippen molar-refractivity contribution in [2.24, 2.45) is 0 Å². The van der Waals surface area contributed by atoms with Crippen LogP contribution < -0.4 is 15.6 Å². The number of nitrogens with one attached hydrogen (secondary N) is 2. The van der Waals surface area contributed by atoms with Crippen LogP contribution in [0.2, 0.25) is 0 Å². The quantitative estimate of drug-likeness (QED) is 0.686. The Bertz CT molecular complexity index is 976. The van der Waals surface area contributed by atoms with E-state index >= 15 is 0 Å². The lowest BCUT2D eigenvalue weighted by Crippen LogP contribution is -2.47. The lowest BCUT2D eigenvalue weighted by molar-refractivity contribution is -0.128. The molecule has 1 atom stereocenters. The fraction of sp³-hybridized carbons (Fsp3) is 0.150. The van der Waals surface area contributed by atoms with Crippen LogP contribution in [0, 0.1) is 6.92 Å². The first-order chi connectivity index (χ1) is 13.1. The highest BCUT2D eigenvalue weighted by Crippen LogP contribution is 2.29. The zero-order valence-corrected chi connectivity index (χ0v) is 15.4. The summed E-state index contributed by atoms with van der Waals surface area (Å²) in [6.45, 7) is 1.77. The molecule has 27 heavy (non-hydrogen) atoms. The van der Waals surface area contributed by atoms with Crippen LogP contribution in [0.5, 0.6) is 5.75 Å². The van der Waals surface area contributed by atoms with Crippen molar-refractivity contribution < 1.29 is 14.3 Å². The average Bonchev–Trinajstić information content (AvgIpc) is 3.30. The van der Waals surface area contributed by atoms with Crippen molar-refractivity contribution in [3.05, 3.63) is 70.7 Å². The molecular weight excluding hydrogens is 362 g/mol. The van der Waals surface area contributed by atoms with E-state index in [4.69, 9.17) is 4.74 Å². The molecule has 0 unspecified atom stereocenters. The van der Waals surface area contributed by atoms with E-state index in [0.717, 1.165) is 16.1 Å². The summed E-state index contributed by atoms with van der Waals surface area (Å²) >= 11 is 1.29. The van der Waals surface area contributed by atoms with Gasteiger partial charge in [0.15, 0.2) is 6.10 Å². The minimum absolute atomic E-state index is 0.384. The second-order valence-electron chi connectivity index (χ2n) is 6.16. The van der Waals surface area contributed by atoms with Crippen LogP contribution in [0.15, 0.2) is 54.6 Å². The molecule has 136 valence electrons. The van der Waals surface area contributed by atoms with Gasteiger partial charge in [-0.3, -0.25) is 20.4 Å². The van der Waals surface area contributed by atoms with E-state index in [1.54, 1.807) is 6.92 Å². The van der Waals surface area contributed by atoms with Gasteiger partial charge < -0.3 is 4.74 Å². The minimum Gasteiger partial charge on any atom is -0.480 e. The summed E-state index contributed by atoms with van der Waals surface area (Å²) in [7, 11) is 0.